The van der Waals surface area contributed by atoms with Crippen LogP contribution < -0.4 is 0 Å². The van der Waals surface area contributed by atoms with E-state index in [9.17, 15) is 0 Å². The molecule has 0 unspecified atom stereocenters. The van der Waals surface area contributed by atoms with Crippen molar-refractivity contribution >= 4 is 75.7 Å². The van der Waals surface area contributed by atoms with Crippen LogP contribution in [0.1, 0.15) is 0 Å². The Kier molecular flexibility index (Phi) is 7.87. The van der Waals surface area contributed by atoms with Crippen LogP contribution in [0.25, 0.3) is 127 Å². The summed E-state index contributed by atoms with van der Waals surface area (Å²) in [6.45, 7) is 0. The van der Waals surface area contributed by atoms with Gasteiger partial charge in [0.25, 0.3) is 0 Å². The number of rotatable bonds is 5. The van der Waals surface area contributed by atoms with Crippen LogP contribution in [0.5, 0.6) is 0 Å². The molecule has 13 aromatic rings. The summed E-state index contributed by atoms with van der Waals surface area (Å²) in [6.07, 6.45) is 0. The van der Waals surface area contributed by atoms with Crippen molar-refractivity contribution in [3.05, 3.63) is 218 Å². The van der Waals surface area contributed by atoms with Gasteiger partial charge in [0.2, 0.25) is 0 Å². The van der Waals surface area contributed by atoms with Gasteiger partial charge in [0, 0.05) is 38.4 Å². The maximum Gasteiger partial charge on any atom is 0.164 e. The van der Waals surface area contributed by atoms with Crippen LogP contribution >= 0.6 is 0 Å². The Morgan fingerprint density at radius 1 is 0.270 bits per heavy atom. The van der Waals surface area contributed by atoms with E-state index < -0.39 is 0 Å². The van der Waals surface area contributed by atoms with Crippen molar-refractivity contribution in [2.75, 3.05) is 0 Å². The lowest BCUT2D eigenvalue weighted by Crippen LogP contribution is -2.02. The van der Waals surface area contributed by atoms with Gasteiger partial charge in [-0.05, 0) is 103 Å². The molecule has 2 aromatic heterocycles. The Balaban J connectivity index is 1.10. The van der Waals surface area contributed by atoms with Crippen molar-refractivity contribution < 1.29 is 0 Å². The Bertz CT molecular complexity index is 3890. The molecule has 2 heterocycles. The molecule has 0 spiro atoms. The van der Waals surface area contributed by atoms with Crippen molar-refractivity contribution in [1.82, 2.24) is 19.5 Å². The largest absolute Gasteiger partial charge is 0.308 e. The number of benzene rings is 11. The third-order valence-corrected chi connectivity index (χ3v) is 12.7. The first-order chi connectivity index (χ1) is 31.2. The van der Waals surface area contributed by atoms with Gasteiger partial charge >= 0.3 is 0 Å². The lowest BCUT2D eigenvalue weighted by Gasteiger charge is -2.17. The van der Waals surface area contributed by atoms with E-state index in [1.807, 2.05) is 0 Å². The predicted octanol–water partition coefficient (Wildman–Crippen LogP) is 15.4. The van der Waals surface area contributed by atoms with Crippen molar-refractivity contribution in [1.29, 1.82) is 0 Å². The molecular weight excluding hydrogens is 765 g/mol. The first-order valence-electron chi connectivity index (χ1n) is 21.4. The Labute approximate surface area is 363 Å². The van der Waals surface area contributed by atoms with E-state index >= 15 is 0 Å². The number of hydrogen-bond donors (Lipinski definition) is 0. The van der Waals surface area contributed by atoms with Crippen LogP contribution in [-0.2, 0) is 0 Å². The van der Waals surface area contributed by atoms with Crippen LogP contribution in [-0.4, -0.2) is 19.5 Å². The van der Waals surface area contributed by atoms with E-state index in [0.717, 1.165) is 49.8 Å². The Morgan fingerprint density at radius 2 is 0.683 bits per heavy atom. The highest BCUT2D eigenvalue weighted by molar-refractivity contribution is 6.21. The lowest BCUT2D eigenvalue weighted by atomic mass is 9.97. The van der Waals surface area contributed by atoms with E-state index in [0.29, 0.717) is 17.5 Å². The van der Waals surface area contributed by atoms with Crippen LogP contribution in [0.4, 0.5) is 0 Å². The zero-order valence-electron chi connectivity index (χ0n) is 34.1. The third-order valence-electron chi connectivity index (χ3n) is 12.7. The first-order valence-corrected chi connectivity index (χ1v) is 21.4. The molecule has 292 valence electrons. The molecule has 11 aromatic carbocycles. The minimum Gasteiger partial charge on any atom is -0.308 e. The molecule has 0 N–H and O–H groups in total. The topological polar surface area (TPSA) is 43.6 Å². The lowest BCUT2D eigenvalue weighted by molar-refractivity contribution is 1.07. The highest BCUT2D eigenvalue weighted by atomic mass is 15.0. The number of nitrogens with zero attached hydrogens (tertiary/aromatic N) is 4. The second kappa shape index (κ2) is 14.1. The summed E-state index contributed by atoms with van der Waals surface area (Å²) in [5, 5.41) is 14.3. The molecular formula is C59H36N4. The van der Waals surface area contributed by atoms with E-state index in [4.69, 9.17) is 15.0 Å². The smallest absolute Gasteiger partial charge is 0.164 e. The van der Waals surface area contributed by atoms with Crippen molar-refractivity contribution in [3.63, 3.8) is 0 Å². The maximum atomic E-state index is 5.29. The molecule has 0 bridgehead atoms. The molecule has 0 aliphatic heterocycles. The fourth-order valence-electron chi connectivity index (χ4n) is 9.59. The second-order valence-corrected chi connectivity index (χ2v) is 16.5. The quantitative estimate of drug-likeness (QED) is 0.174. The van der Waals surface area contributed by atoms with Crippen molar-refractivity contribution in [3.8, 4) is 51.0 Å². The number of fused-ring (bicyclic) bond motifs is 9. The highest BCUT2D eigenvalue weighted by Crippen LogP contribution is 2.42. The van der Waals surface area contributed by atoms with Gasteiger partial charge in [-0.2, -0.15) is 0 Å². The standard InChI is InChI=1S/C59H36N4/c1-4-15-41-31-46(24-21-37(41)11-1)52-35-49(28-30-54(52)63-55-36-45-19-8-7-18-44(45)34-53(55)51-29-27-40-14-9-10-20-50(40)56(51)63)59-61-57(47-25-22-38-12-2-5-16-42(38)32-47)60-58(62-59)48-26-23-39-13-3-6-17-43(39)33-48/h1-36H. The Morgan fingerprint density at radius 3 is 1.25 bits per heavy atom. The SMILES string of the molecule is c1ccc2cc(-c3nc(-c4ccc(-n5c6cc7ccccc7cc6c6ccc7ccccc7c65)c(-c5ccc6ccccc6c5)c4)nc(-c4ccc5ccccc5c4)n3)ccc2c1. The van der Waals surface area contributed by atoms with Gasteiger partial charge in [0.1, 0.15) is 0 Å². The van der Waals surface area contributed by atoms with E-state index in [1.165, 1.54) is 59.4 Å². The van der Waals surface area contributed by atoms with Crippen LogP contribution in [0.3, 0.4) is 0 Å². The summed E-state index contributed by atoms with van der Waals surface area (Å²) in [4.78, 5) is 15.8. The average Bonchev–Trinajstić information content (AvgIpc) is 3.68. The van der Waals surface area contributed by atoms with Crippen molar-refractivity contribution in [2.24, 2.45) is 0 Å². The van der Waals surface area contributed by atoms with Gasteiger partial charge in [0.05, 0.1) is 16.7 Å². The maximum absolute atomic E-state index is 5.29. The molecule has 13 rings (SSSR count). The average molecular weight is 801 g/mol. The zero-order valence-corrected chi connectivity index (χ0v) is 34.1. The molecule has 0 saturated carbocycles. The minimum absolute atomic E-state index is 0.614. The fraction of sp³-hybridized carbons (Fsp3) is 0. The molecule has 0 amide bonds. The van der Waals surface area contributed by atoms with E-state index in [2.05, 4.69) is 223 Å². The summed E-state index contributed by atoms with van der Waals surface area (Å²) >= 11 is 0. The summed E-state index contributed by atoms with van der Waals surface area (Å²) < 4.78 is 2.49. The second-order valence-electron chi connectivity index (χ2n) is 16.5. The van der Waals surface area contributed by atoms with Gasteiger partial charge < -0.3 is 4.57 Å². The van der Waals surface area contributed by atoms with Gasteiger partial charge in [0.15, 0.2) is 17.5 Å². The van der Waals surface area contributed by atoms with Gasteiger partial charge in [-0.3, -0.25) is 0 Å². The summed E-state index contributed by atoms with van der Waals surface area (Å²) in [5.41, 5.74) is 8.41. The molecule has 4 heteroatoms. The van der Waals surface area contributed by atoms with Gasteiger partial charge in [-0.1, -0.05) is 170 Å². The zero-order chi connectivity index (χ0) is 41.4. The summed E-state index contributed by atoms with van der Waals surface area (Å²) in [7, 11) is 0. The van der Waals surface area contributed by atoms with Crippen LogP contribution in [0.2, 0.25) is 0 Å². The summed E-state index contributed by atoms with van der Waals surface area (Å²) in [5.74, 6) is 1.88. The van der Waals surface area contributed by atoms with Gasteiger partial charge in [-0.25, -0.2) is 15.0 Å². The van der Waals surface area contributed by atoms with E-state index in [-0.39, 0.29) is 0 Å². The van der Waals surface area contributed by atoms with Crippen molar-refractivity contribution in [2.45, 2.75) is 0 Å². The third kappa shape index (κ3) is 5.88. The molecule has 0 aliphatic rings. The fourth-order valence-corrected chi connectivity index (χ4v) is 9.59. The van der Waals surface area contributed by atoms with Gasteiger partial charge in [-0.15, -0.1) is 0 Å². The first kappa shape index (κ1) is 35.3. The van der Waals surface area contributed by atoms with Crippen LogP contribution in [0, 0.1) is 0 Å². The van der Waals surface area contributed by atoms with E-state index in [1.54, 1.807) is 0 Å². The molecule has 0 radical (unpaired) electrons. The Hall–Kier alpha value is -8.47. The molecule has 0 saturated heterocycles. The normalized spacial score (nSPS) is 11.8. The van der Waals surface area contributed by atoms with Crippen LogP contribution in [0.15, 0.2) is 218 Å². The monoisotopic (exact) mass is 800 g/mol. The molecule has 0 atom stereocenters. The highest BCUT2D eigenvalue weighted by Gasteiger charge is 2.21. The number of hydrogen-bond acceptors (Lipinski definition) is 3. The number of aromatic nitrogens is 4. The molecule has 4 nitrogen and oxygen atoms in total. The molecule has 63 heavy (non-hydrogen) atoms. The summed E-state index contributed by atoms with van der Waals surface area (Å²) in [6, 6.07) is 78.5. The predicted molar refractivity (Wildman–Crippen MR) is 263 cm³/mol. The minimum atomic E-state index is 0.614. The molecule has 0 fully saturated rings. The molecule has 0 aliphatic carbocycles.